The van der Waals surface area contributed by atoms with Crippen LogP contribution in [-0.4, -0.2) is 18.3 Å². The summed E-state index contributed by atoms with van der Waals surface area (Å²) in [4.78, 5) is 11.9. The third-order valence-electron chi connectivity index (χ3n) is 2.87. The maximum absolute atomic E-state index is 11.9. The zero-order chi connectivity index (χ0) is 13.7. The van der Waals surface area contributed by atoms with Crippen molar-refractivity contribution in [2.45, 2.75) is 32.1 Å². The van der Waals surface area contributed by atoms with Crippen molar-refractivity contribution in [3.63, 3.8) is 0 Å². The number of nitrogens with one attached hydrogen (secondary N) is 1. The van der Waals surface area contributed by atoms with Crippen LogP contribution in [-0.2, 0) is 4.79 Å². The zero-order valence-electron chi connectivity index (χ0n) is 11.3. The first-order chi connectivity index (χ1) is 8.45. The van der Waals surface area contributed by atoms with Crippen LogP contribution >= 0.6 is 12.6 Å². The Bertz CT molecular complexity index is 389. The second-order valence-corrected chi connectivity index (χ2v) is 5.25. The van der Waals surface area contributed by atoms with E-state index in [0.717, 1.165) is 11.3 Å². The lowest BCUT2D eigenvalue weighted by molar-refractivity contribution is -0.121. The molecule has 0 radical (unpaired) electrons. The number of ether oxygens (including phenoxy) is 1. The Balaban J connectivity index is 2.64. The van der Waals surface area contributed by atoms with Gasteiger partial charge in [0.25, 0.3) is 0 Å². The van der Waals surface area contributed by atoms with Crippen LogP contribution in [0.25, 0.3) is 0 Å². The van der Waals surface area contributed by atoms with E-state index in [4.69, 9.17) is 4.74 Å². The minimum atomic E-state index is -0.273. The summed E-state index contributed by atoms with van der Waals surface area (Å²) in [6.07, 6.45) is 0. The largest absolute Gasteiger partial charge is 0.497 e. The molecule has 0 bridgehead atoms. The first-order valence-electron chi connectivity index (χ1n) is 6.08. The Morgan fingerprint density at radius 2 is 1.78 bits per heavy atom. The first-order valence-corrected chi connectivity index (χ1v) is 6.59. The van der Waals surface area contributed by atoms with Crippen molar-refractivity contribution in [3.05, 3.63) is 29.8 Å². The summed E-state index contributed by atoms with van der Waals surface area (Å²) in [6, 6.07) is 7.65. The fourth-order valence-electron chi connectivity index (χ4n) is 1.58. The molecule has 1 rings (SSSR count). The standard InChI is InChI=1S/C14H21NO2S/c1-9(2)13(18)14(16)15-10(3)11-5-7-12(17-4)8-6-11/h5-10,13,18H,1-4H3,(H,15,16). The van der Waals surface area contributed by atoms with E-state index in [-0.39, 0.29) is 23.1 Å². The summed E-state index contributed by atoms with van der Waals surface area (Å²) in [6.45, 7) is 5.92. The molecule has 100 valence electrons. The van der Waals surface area contributed by atoms with E-state index in [1.54, 1.807) is 7.11 Å². The van der Waals surface area contributed by atoms with Crippen LogP contribution in [0.3, 0.4) is 0 Å². The highest BCUT2D eigenvalue weighted by Gasteiger charge is 2.19. The Morgan fingerprint density at radius 3 is 2.22 bits per heavy atom. The number of thiol groups is 1. The van der Waals surface area contributed by atoms with E-state index in [1.807, 2.05) is 45.0 Å². The van der Waals surface area contributed by atoms with Crippen molar-refractivity contribution in [1.82, 2.24) is 5.32 Å². The van der Waals surface area contributed by atoms with Gasteiger partial charge in [-0.1, -0.05) is 26.0 Å². The molecule has 0 aromatic heterocycles. The number of methoxy groups -OCH3 is 1. The van der Waals surface area contributed by atoms with Crippen molar-refractivity contribution in [2.75, 3.05) is 7.11 Å². The van der Waals surface area contributed by atoms with Crippen molar-refractivity contribution in [1.29, 1.82) is 0 Å². The van der Waals surface area contributed by atoms with Gasteiger partial charge < -0.3 is 10.1 Å². The molecule has 4 heteroatoms. The lowest BCUT2D eigenvalue weighted by atomic mass is 10.1. The number of rotatable bonds is 5. The normalized spacial score (nSPS) is 14.1. The summed E-state index contributed by atoms with van der Waals surface area (Å²) in [5, 5.41) is 2.69. The number of carbonyl (C=O) groups is 1. The minimum Gasteiger partial charge on any atom is -0.497 e. The molecule has 3 nitrogen and oxygen atoms in total. The lowest BCUT2D eigenvalue weighted by Crippen LogP contribution is -2.36. The fraction of sp³-hybridized carbons (Fsp3) is 0.500. The van der Waals surface area contributed by atoms with Crippen molar-refractivity contribution in [3.8, 4) is 5.75 Å². The van der Waals surface area contributed by atoms with Crippen LogP contribution in [0, 0.1) is 5.92 Å². The third-order valence-corrected chi connectivity index (χ3v) is 3.71. The molecule has 18 heavy (non-hydrogen) atoms. The second kappa shape index (κ2) is 6.69. The number of hydrogen-bond acceptors (Lipinski definition) is 3. The molecule has 0 aliphatic heterocycles. The van der Waals surface area contributed by atoms with Gasteiger partial charge in [-0.3, -0.25) is 4.79 Å². The zero-order valence-corrected chi connectivity index (χ0v) is 12.2. The van der Waals surface area contributed by atoms with Gasteiger partial charge in [0, 0.05) is 0 Å². The highest BCUT2D eigenvalue weighted by Crippen LogP contribution is 2.18. The van der Waals surface area contributed by atoms with Crippen LogP contribution in [0.15, 0.2) is 24.3 Å². The van der Waals surface area contributed by atoms with Gasteiger partial charge in [-0.25, -0.2) is 0 Å². The van der Waals surface area contributed by atoms with E-state index < -0.39 is 0 Å². The van der Waals surface area contributed by atoms with E-state index in [0.29, 0.717) is 0 Å². The molecule has 1 amide bonds. The summed E-state index contributed by atoms with van der Waals surface area (Å²) >= 11 is 4.31. The average molecular weight is 267 g/mol. The second-order valence-electron chi connectivity index (χ2n) is 4.69. The smallest absolute Gasteiger partial charge is 0.233 e. The SMILES string of the molecule is COc1ccc(C(C)NC(=O)C(S)C(C)C)cc1. The van der Waals surface area contributed by atoms with E-state index in [9.17, 15) is 4.79 Å². The molecule has 1 N–H and O–H groups in total. The maximum Gasteiger partial charge on any atom is 0.233 e. The van der Waals surface area contributed by atoms with Gasteiger partial charge >= 0.3 is 0 Å². The number of benzene rings is 1. The fourth-order valence-corrected chi connectivity index (χ4v) is 1.65. The van der Waals surface area contributed by atoms with Gasteiger partial charge in [-0.15, -0.1) is 0 Å². The topological polar surface area (TPSA) is 38.3 Å². The van der Waals surface area contributed by atoms with Gasteiger partial charge in [-0.05, 0) is 30.5 Å². The van der Waals surface area contributed by atoms with E-state index >= 15 is 0 Å². The summed E-state index contributed by atoms with van der Waals surface area (Å²) < 4.78 is 5.10. The van der Waals surface area contributed by atoms with Crippen molar-refractivity contribution < 1.29 is 9.53 Å². The third kappa shape index (κ3) is 3.95. The predicted molar refractivity (Wildman–Crippen MR) is 77.2 cm³/mol. The van der Waals surface area contributed by atoms with Crippen LogP contribution in [0.1, 0.15) is 32.4 Å². The van der Waals surface area contributed by atoms with E-state index in [1.165, 1.54) is 0 Å². The number of hydrogen-bond donors (Lipinski definition) is 2. The van der Waals surface area contributed by atoms with Gasteiger partial charge in [0.1, 0.15) is 5.75 Å². The average Bonchev–Trinajstić information content (AvgIpc) is 2.37. The van der Waals surface area contributed by atoms with Gasteiger partial charge in [0.15, 0.2) is 0 Å². The van der Waals surface area contributed by atoms with Crippen LogP contribution in [0.5, 0.6) is 5.75 Å². The summed E-state index contributed by atoms with van der Waals surface area (Å²) in [5.74, 6) is 1.000. The number of amides is 1. The molecular formula is C14H21NO2S. The molecule has 0 saturated carbocycles. The van der Waals surface area contributed by atoms with E-state index in [2.05, 4.69) is 17.9 Å². The quantitative estimate of drug-likeness (QED) is 0.805. The van der Waals surface area contributed by atoms with Crippen molar-refractivity contribution >= 4 is 18.5 Å². The van der Waals surface area contributed by atoms with Crippen LogP contribution < -0.4 is 10.1 Å². The van der Waals surface area contributed by atoms with Gasteiger partial charge in [0.2, 0.25) is 5.91 Å². The Hall–Kier alpha value is -1.16. The highest BCUT2D eigenvalue weighted by molar-refractivity contribution is 7.81. The van der Waals surface area contributed by atoms with Crippen LogP contribution in [0.4, 0.5) is 0 Å². The highest BCUT2D eigenvalue weighted by atomic mass is 32.1. The van der Waals surface area contributed by atoms with Crippen LogP contribution in [0.2, 0.25) is 0 Å². The Labute approximate surface area is 114 Å². The monoisotopic (exact) mass is 267 g/mol. The molecule has 2 unspecified atom stereocenters. The first kappa shape index (κ1) is 14.9. The Kier molecular flexibility index (Phi) is 5.54. The molecular weight excluding hydrogens is 246 g/mol. The lowest BCUT2D eigenvalue weighted by Gasteiger charge is -2.19. The van der Waals surface area contributed by atoms with Gasteiger partial charge in [-0.2, -0.15) is 12.6 Å². The molecule has 2 atom stereocenters. The molecule has 1 aromatic rings. The summed E-state index contributed by atoms with van der Waals surface area (Å²) in [5.41, 5.74) is 1.05. The predicted octanol–water partition coefficient (Wildman–Crippen LogP) is 2.83. The molecule has 0 aliphatic carbocycles. The molecule has 0 aliphatic rings. The maximum atomic E-state index is 11.9. The Morgan fingerprint density at radius 1 is 1.22 bits per heavy atom. The van der Waals surface area contributed by atoms with Crippen molar-refractivity contribution in [2.24, 2.45) is 5.92 Å². The number of carbonyl (C=O) groups excluding carboxylic acids is 1. The summed E-state index contributed by atoms with van der Waals surface area (Å²) in [7, 11) is 1.63. The molecule has 1 aromatic carbocycles. The molecule has 0 spiro atoms. The molecule has 0 heterocycles. The molecule has 0 fully saturated rings. The molecule has 0 saturated heterocycles. The minimum absolute atomic E-state index is 0.0307. The van der Waals surface area contributed by atoms with Gasteiger partial charge in [0.05, 0.1) is 18.4 Å².